The molecule has 1 saturated carbocycles. The van der Waals surface area contributed by atoms with Crippen molar-refractivity contribution < 1.29 is 9.59 Å². The summed E-state index contributed by atoms with van der Waals surface area (Å²) in [6.45, 7) is 4.31. The molecule has 6 heteroatoms. The summed E-state index contributed by atoms with van der Waals surface area (Å²) in [5.41, 5.74) is 7.02. The second-order valence-corrected chi connectivity index (χ2v) is 7.47. The number of benzene rings is 1. The zero-order valence-electron chi connectivity index (χ0n) is 13.6. The molecule has 1 aliphatic rings. The van der Waals surface area contributed by atoms with Gasteiger partial charge in [0.1, 0.15) is 0 Å². The molecule has 0 bridgehead atoms. The second-order valence-electron chi connectivity index (χ2n) is 6.56. The molecule has 1 fully saturated rings. The highest BCUT2D eigenvalue weighted by molar-refractivity contribution is 9.10. The van der Waals surface area contributed by atoms with Crippen LogP contribution in [0.3, 0.4) is 0 Å². The third-order valence-electron chi connectivity index (χ3n) is 4.36. The number of hydrogen-bond donors (Lipinski definition) is 3. The number of amides is 2. The van der Waals surface area contributed by atoms with Gasteiger partial charge in [0.2, 0.25) is 11.8 Å². The van der Waals surface area contributed by atoms with E-state index in [-0.39, 0.29) is 29.7 Å². The van der Waals surface area contributed by atoms with Crippen LogP contribution in [0.15, 0.2) is 28.7 Å². The molecule has 23 heavy (non-hydrogen) atoms. The monoisotopic (exact) mass is 381 g/mol. The van der Waals surface area contributed by atoms with Crippen LogP contribution in [0.5, 0.6) is 0 Å². The molecule has 1 aliphatic carbocycles. The average Bonchev–Trinajstić information content (AvgIpc) is 3.31. The van der Waals surface area contributed by atoms with E-state index in [0.717, 1.165) is 17.3 Å². The maximum atomic E-state index is 11.9. The van der Waals surface area contributed by atoms with Gasteiger partial charge in [-0.1, -0.05) is 41.9 Å². The van der Waals surface area contributed by atoms with Crippen LogP contribution in [0.25, 0.3) is 0 Å². The first-order valence-electron chi connectivity index (χ1n) is 7.90. The fourth-order valence-electron chi connectivity index (χ4n) is 2.46. The van der Waals surface area contributed by atoms with E-state index in [2.05, 4.69) is 38.7 Å². The van der Waals surface area contributed by atoms with Gasteiger partial charge < -0.3 is 16.4 Å². The van der Waals surface area contributed by atoms with Gasteiger partial charge in [-0.15, -0.1) is 0 Å². The lowest BCUT2D eigenvalue weighted by Crippen LogP contribution is -2.47. The molecule has 0 radical (unpaired) electrons. The highest BCUT2D eigenvalue weighted by Gasteiger charge is 2.44. The van der Waals surface area contributed by atoms with E-state index < -0.39 is 6.04 Å². The molecule has 0 spiro atoms. The number of carbonyl (C=O) groups is 2. The van der Waals surface area contributed by atoms with Gasteiger partial charge in [0.15, 0.2) is 0 Å². The zero-order chi connectivity index (χ0) is 17.0. The Balaban J connectivity index is 1.80. The minimum absolute atomic E-state index is 0.0339. The Morgan fingerprint density at radius 3 is 2.57 bits per heavy atom. The van der Waals surface area contributed by atoms with Crippen molar-refractivity contribution >= 4 is 27.7 Å². The molecule has 5 nitrogen and oxygen atoms in total. The first kappa shape index (κ1) is 17.9. The third kappa shape index (κ3) is 4.78. The molecule has 1 aromatic carbocycles. The smallest absolute Gasteiger partial charge is 0.239 e. The Morgan fingerprint density at radius 2 is 2.00 bits per heavy atom. The van der Waals surface area contributed by atoms with Gasteiger partial charge in [-0.2, -0.15) is 0 Å². The quantitative estimate of drug-likeness (QED) is 0.671. The topological polar surface area (TPSA) is 84.2 Å². The van der Waals surface area contributed by atoms with Crippen LogP contribution in [0.2, 0.25) is 0 Å². The number of carbonyl (C=O) groups excluding carboxylic acids is 2. The van der Waals surface area contributed by atoms with Gasteiger partial charge in [-0.25, -0.2) is 0 Å². The fraction of sp³-hybridized carbons (Fsp3) is 0.529. The third-order valence-corrected chi connectivity index (χ3v) is 4.85. The Kier molecular flexibility index (Phi) is 5.81. The summed E-state index contributed by atoms with van der Waals surface area (Å²) in [5, 5.41) is 5.50. The minimum Gasteiger partial charge on any atom is -0.354 e. The molecule has 0 aromatic heterocycles. The highest BCUT2D eigenvalue weighted by Crippen LogP contribution is 2.48. The molecule has 0 heterocycles. The predicted molar refractivity (Wildman–Crippen MR) is 93.9 cm³/mol. The van der Waals surface area contributed by atoms with Crippen molar-refractivity contribution in [3.8, 4) is 0 Å². The predicted octanol–water partition coefficient (Wildman–Crippen LogP) is 1.70. The molecule has 0 aliphatic heterocycles. The van der Waals surface area contributed by atoms with Crippen LogP contribution in [0, 0.1) is 5.92 Å². The van der Waals surface area contributed by atoms with Gasteiger partial charge in [0, 0.05) is 16.4 Å². The second kappa shape index (κ2) is 7.45. The van der Waals surface area contributed by atoms with Crippen LogP contribution in [0.4, 0.5) is 0 Å². The normalized spacial score (nSPS) is 16.7. The number of nitrogens with one attached hydrogen (secondary N) is 2. The number of halogens is 1. The van der Waals surface area contributed by atoms with E-state index in [9.17, 15) is 9.59 Å². The summed E-state index contributed by atoms with van der Waals surface area (Å²) in [4.78, 5) is 23.7. The summed E-state index contributed by atoms with van der Waals surface area (Å²) in [6, 6.07) is 7.61. The van der Waals surface area contributed by atoms with Gasteiger partial charge in [0.05, 0.1) is 12.6 Å². The van der Waals surface area contributed by atoms with E-state index in [1.165, 1.54) is 5.56 Å². The first-order valence-corrected chi connectivity index (χ1v) is 8.69. The largest absolute Gasteiger partial charge is 0.354 e. The molecule has 0 saturated heterocycles. The summed E-state index contributed by atoms with van der Waals surface area (Å²) >= 11 is 3.48. The maximum absolute atomic E-state index is 11.9. The lowest BCUT2D eigenvalue weighted by molar-refractivity contribution is -0.127. The zero-order valence-corrected chi connectivity index (χ0v) is 15.2. The van der Waals surface area contributed by atoms with E-state index in [1.54, 1.807) is 0 Å². The Bertz CT molecular complexity index is 585. The minimum atomic E-state index is -0.584. The van der Waals surface area contributed by atoms with Crippen LogP contribution in [-0.4, -0.2) is 30.9 Å². The van der Waals surface area contributed by atoms with E-state index in [0.29, 0.717) is 6.54 Å². The lowest BCUT2D eigenvalue weighted by atomic mass is 9.96. The molecule has 4 N–H and O–H groups in total. The molecular formula is C17H24BrN3O2. The number of rotatable bonds is 7. The Labute approximate surface area is 145 Å². The summed E-state index contributed by atoms with van der Waals surface area (Å²) in [6.07, 6.45) is 2.13. The van der Waals surface area contributed by atoms with Crippen LogP contribution < -0.4 is 16.4 Å². The summed E-state index contributed by atoms with van der Waals surface area (Å²) < 4.78 is 1.04. The van der Waals surface area contributed by atoms with Crippen LogP contribution in [-0.2, 0) is 15.0 Å². The molecule has 126 valence electrons. The van der Waals surface area contributed by atoms with E-state index in [1.807, 2.05) is 26.0 Å². The van der Waals surface area contributed by atoms with Crippen molar-refractivity contribution in [1.82, 2.24) is 10.6 Å². The lowest BCUT2D eigenvalue weighted by Gasteiger charge is -2.18. The molecule has 2 rings (SSSR count). The SMILES string of the molecule is CC(C)[C@H](N)C(=O)NCC(=O)NCC1(c2cccc(Br)c2)CC1. The number of nitrogens with two attached hydrogens (primary N) is 1. The van der Waals surface area contributed by atoms with Crippen molar-refractivity contribution in [3.05, 3.63) is 34.3 Å². The standard InChI is InChI=1S/C17H24BrN3O2/c1-11(2)15(19)16(23)20-9-14(22)21-10-17(6-7-17)12-4-3-5-13(18)8-12/h3-5,8,11,15H,6-7,9-10,19H2,1-2H3,(H,20,23)(H,21,22)/t15-/m0/s1. The van der Waals surface area contributed by atoms with Crippen LogP contribution >= 0.6 is 15.9 Å². The number of hydrogen-bond acceptors (Lipinski definition) is 3. The molecule has 0 unspecified atom stereocenters. The van der Waals surface area contributed by atoms with Gasteiger partial charge in [-0.05, 0) is 36.5 Å². The van der Waals surface area contributed by atoms with Gasteiger partial charge >= 0.3 is 0 Å². The van der Waals surface area contributed by atoms with Gasteiger partial charge in [-0.3, -0.25) is 9.59 Å². The highest BCUT2D eigenvalue weighted by atomic mass is 79.9. The van der Waals surface area contributed by atoms with E-state index >= 15 is 0 Å². The molecule has 1 atom stereocenters. The van der Waals surface area contributed by atoms with Gasteiger partial charge in [0.25, 0.3) is 0 Å². The fourth-order valence-corrected chi connectivity index (χ4v) is 2.85. The van der Waals surface area contributed by atoms with Crippen LogP contribution in [0.1, 0.15) is 32.3 Å². The van der Waals surface area contributed by atoms with E-state index in [4.69, 9.17) is 5.73 Å². The maximum Gasteiger partial charge on any atom is 0.239 e. The van der Waals surface area contributed by atoms with Crippen molar-refractivity contribution in [3.63, 3.8) is 0 Å². The average molecular weight is 382 g/mol. The molecular weight excluding hydrogens is 358 g/mol. The summed E-state index contributed by atoms with van der Waals surface area (Å²) in [5.74, 6) is -0.428. The summed E-state index contributed by atoms with van der Waals surface area (Å²) in [7, 11) is 0. The first-order chi connectivity index (χ1) is 10.8. The van der Waals surface area contributed by atoms with Crippen molar-refractivity contribution in [2.45, 2.75) is 38.1 Å². The molecule has 2 amide bonds. The molecule has 1 aromatic rings. The Hall–Kier alpha value is -1.40. The Morgan fingerprint density at radius 1 is 1.30 bits per heavy atom. The van der Waals surface area contributed by atoms with Crippen molar-refractivity contribution in [2.24, 2.45) is 11.7 Å². The van der Waals surface area contributed by atoms with Crippen molar-refractivity contribution in [1.29, 1.82) is 0 Å². The van der Waals surface area contributed by atoms with Crippen molar-refractivity contribution in [2.75, 3.05) is 13.1 Å².